The molecule has 2 N–H and O–H groups in total. The first kappa shape index (κ1) is 9.47. The molecule has 2 nitrogen and oxygen atoms in total. The molecule has 0 heterocycles. The van der Waals surface area contributed by atoms with Crippen molar-refractivity contribution in [2.24, 2.45) is 17.6 Å². The second-order valence-electron chi connectivity index (χ2n) is 5.14. The van der Waals surface area contributed by atoms with E-state index in [9.17, 15) is 0 Å². The molecule has 0 radical (unpaired) electrons. The molecule has 0 saturated heterocycles. The summed E-state index contributed by atoms with van der Waals surface area (Å²) in [5, 5.41) is 0. The molecule has 0 spiro atoms. The maximum atomic E-state index is 5.85. The highest BCUT2D eigenvalue weighted by Crippen LogP contribution is 2.41. The first-order valence-electron chi connectivity index (χ1n) is 5.60. The fourth-order valence-corrected chi connectivity index (χ4v) is 3.00. The zero-order valence-electron chi connectivity index (χ0n) is 8.87. The minimum atomic E-state index is 0.507. The summed E-state index contributed by atoms with van der Waals surface area (Å²) in [6, 6.07) is 1.33. The Hall–Kier alpha value is -0.0800. The Morgan fingerprint density at radius 1 is 1.15 bits per heavy atom. The van der Waals surface area contributed by atoms with E-state index in [0.717, 1.165) is 17.9 Å². The zero-order chi connectivity index (χ0) is 9.42. The maximum absolute atomic E-state index is 5.85. The third-order valence-corrected chi connectivity index (χ3v) is 3.92. The van der Waals surface area contributed by atoms with E-state index in [1.54, 1.807) is 0 Å². The lowest BCUT2D eigenvalue weighted by molar-refractivity contribution is 0.0433. The van der Waals surface area contributed by atoms with Gasteiger partial charge in [-0.2, -0.15) is 0 Å². The van der Waals surface area contributed by atoms with Gasteiger partial charge >= 0.3 is 0 Å². The van der Waals surface area contributed by atoms with Gasteiger partial charge in [0.05, 0.1) is 0 Å². The van der Waals surface area contributed by atoms with Gasteiger partial charge in [-0.1, -0.05) is 6.42 Å². The Kier molecular flexibility index (Phi) is 2.61. The molecule has 0 aromatic heterocycles. The number of nitrogens with two attached hydrogens (primary N) is 1. The summed E-state index contributed by atoms with van der Waals surface area (Å²) >= 11 is 0. The van der Waals surface area contributed by atoms with Gasteiger partial charge in [0.15, 0.2) is 0 Å². The summed E-state index contributed by atoms with van der Waals surface area (Å²) in [5.41, 5.74) is 5.85. The normalized spacial score (nSPS) is 36.9. The lowest BCUT2D eigenvalue weighted by Crippen LogP contribution is -2.52. The van der Waals surface area contributed by atoms with Gasteiger partial charge in [-0.15, -0.1) is 0 Å². The van der Waals surface area contributed by atoms with Crippen molar-refractivity contribution >= 4 is 0 Å². The van der Waals surface area contributed by atoms with Gasteiger partial charge in [-0.25, -0.2) is 0 Å². The third kappa shape index (κ3) is 1.75. The highest BCUT2D eigenvalue weighted by molar-refractivity contribution is 4.95. The predicted molar refractivity (Wildman–Crippen MR) is 55.5 cm³/mol. The molecule has 13 heavy (non-hydrogen) atoms. The van der Waals surface area contributed by atoms with Gasteiger partial charge in [-0.3, -0.25) is 0 Å². The highest BCUT2D eigenvalue weighted by Gasteiger charge is 2.40. The summed E-state index contributed by atoms with van der Waals surface area (Å²) in [6.07, 6.45) is 6.88. The number of rotatable bonds is 3. The van der Waals surface area contributed by atoms with E-state index in [-0.39, 0.29) is 0 Å². The van der Waals surface area contributed by atoms with Gasteiger partial charge in [0.25, 0.3) is 0 Å². The largest absolute Gasteiger partial charge is 0.328 e. The lowest BCUT2D eigenvalue weighted by Gasteiger charge is -2.48. The van der Waals surface area contributed by atoms with Crippen molar-refractivity contribution in [1.82, 2.24) is 4.90 Å². The van der Waals surface area contributed by atoms with E-state index in [1.807, 2.05) is 0 Å². The molecule has 1 atom stereocenters. The Labute approximate surface area is 81.5 Å². The fourth-order valence-electron chi connectivity index (χ4n) is 3.00. The fraction of sp³-hybridized carbons (Fsp3) is 1.00. The van der Waals surface area contributed by atoms with Crippen molar-refractivity contribution in [1.29, 1.82) is 0 Å². The molecular formula is C11H22N2. The molecule has 0 aliphatic heterocycles. The van der Waals surface area contributed by atoms with E-state index in [4.69, 9.17) is 5.73 Å². The first-order valence-corrected chi connectivity index (χ1v) is 5.60. The Balaban J connectivity index is 1.89. The SMILES string of the molecule is CN(C)C(C1CCC1)C1CC(N)C1. The average Bonchev–Trinajstić information content (AvgIpc) is 1.90. The van der Waals surface area contributed by atoms with Crippen LogP contribution in [0.15, 0.2) is 0 Å². The number of hydrogen-bond acceptors (Lipinski definition) is 2. The van der Waals surface area contributed by atoms with E-state index < -0.39 is 0 Å². The van der Waals surface area contributed by atoms with Crippen LogP contribution in [0, 0.1) is 11.8 Å². The Bertz CT molecular complexity index is 169. The molecule has 1 unspecified atom stereocenters. The van der Waals surface area contributed by atoms with Gasteiger partial charge in [-0.05, 0) is 51.6 Å². The summed E-state index contributed by atoms with van der Waals surface area (Å²) < 4.78 is 0. The van der Waals surface area contributed by atoms with Crippen LogP contribution in [0.4, 0.5) is 0 Å². The van der Waals surface area contributed by atoms with Crippen LogP contribution in [0.3, 0.4) is 0 Å². The smallest absolute Gasteiger partial charge is 0.0147 e. The quantitative estimate of drug-likeness (QED) is 0.716. The van der Waals surface area contributed by atoms with Crippen LogP contribution in [-0.4, -0.2) is 31.1 Å². The van der Waals surface area contributed by atoms with Crippen LogP contribution < -0.4 is 5.73 Å². The van der Waals surface area contributed by atoms with E-state index in [0.29, 0.717) is 6.04 Å². The van der Waals surface area contributed by atoms with Crippen LogP contribution in [0.5, 0.6) is 0 Å². The van der Waals surface area contributed by atoms with Gasteiger partial charge in [0.1, 0.15) is 0 Å². The molecule has 2 heteroatoms. The molecular weight excluding hydrogens is 160 g/mol. The second kappa shape index (κ2) is 3.58. The monoisotopic (exact) mass is 182 g/mol. The summed E-state index contributed by atoms with van der Waals surface area (Å²) in [7, 11) is 4.46. The Morgan fingerprint density at radius 2 is 1.77 bits per heavy atom. The average molecular weight is 182 g/mol. The van der Waals surface area contributed by atoms with Crippen LogP contribution in [0.2, 0.25) is 0 Å². The molecule has 2 rings (SSSR count). The number of nitrogens with zero attached hydrogens (tertiary/aromatic N) is 1. The molecule has 0 aromatic rings. The van der Waals surface area contributed by atoms with E-state index in [2.05, 4.69) is 19.0 Å². The molecule has 0 amide bonds. The first-order chi connectivity index (χ1) is 6.18. The van der Waals surface area contributed by atoms with E-state index >= 15 is 0 Å². The van der Waals surface area contributed by atoms with Crippen LogP contribution in [-0.2, 0) is 0 Å². The molecule has 2 aliphatic carbocycles. The standard InChI is InChI=1S/C11H22N2/c1-13(2)11(8-4-3-5-8)9-6-10(12)7-9/h8-11H,3-7,12H2,1-2H3. The minimum absolute atomic E-state index is 0.507. The van der Waals surface area contributed by atoms with Crippen molar-refractivity contribution < 1.29 is 0 Å². The molecule has 0 aromatic carbocycles. The second-order valence-corrected chi connectivity index (χ2v) is 5.14. The van der Waals surface area contributed by atoms with Crippen LogP contribution in [0.25, 0.3) is 0 Å². The van der Waals surface area contributed by atoms with Crippen molar-refractivity contribution in [2.75, 3.05) is 14.1 Å². The van der Waals surface area contributed by atoms with Gasteiger partial charge in [0.2, 0.25) is 0 Å². The summed E-state index contributed by atoms with van der Waals surface area (Å²) in [5.74, 6) is 1.88. The molecule has 2 aliphatic rings. The van der Waals surface area contributed by atoms with Crippen molar-refractivity contribution in [2.45, 2.75) is 44.2 Å². The minimum Gasteiger partial charge on any atom is -0.328 e. The van der Waals surface area contributed by atoms with Crippen molar-refractivity contribution in [3.63, 3.8) is 0 Å². The van der Waals surface area contributed by atoms with E-state index in [1.165, 1.54) is 32.1 Å². The zero-order valence-corrected chi connectivity index (χ0v) is 8.87. The lowest BCUT2D eigenvalue weighted by atomic mass is 9.66. The Morgan fingerprint density at radius 3 is 2.08 bits per heavy atom. The molecule has 2 fully saturated rings. The topological polar surface area (TPSA) is 29.3 Å². The van der Waals surface area contributed by atoms with Crippen LogP contribution in [0.1, 0.15) is 32.1 Å². The predicted octanol–water partition coefficient (Wildman–Crippen LogP) is 1.45. The van der Waals surface area contributed by atoms with Gasteiger partial charge < -0.3 is 10.6 Å². The van der Waals surface area contributed by atoms with Crippen molar-refractivity contribution in [3.8, 4) is 0 Å². The molecule has 0 bridgehead atoms. The van der Waals surface area contributed by atoms with Crippen molar-refractivity contribution in [3.05, 3.63) is 0 Å². The molecule has 76 valence electrons. The maximum Gasteiger partial charge on any atom is 0.0147 e. The van der Waals surface area contributed by atoms with Gasteiger partial charge in [0, 0.05) is 12.1 Å². The van der Waals surface area contributed by atoms with Crippen LogP contribution >= 0.6 is 0 Å². The summed E-state index contributed by atoms with van der Waals surface area (Å²) in [4.78, 5) is 2.43. The molecule has 2 saturated carbocycles. The summed E-state index contributed by atoms with van der Waals surface area (Å²) in [6.45, 7) is 0. The highest BCUT2D eigenvalue weighted by atomic mass is 15.1. The third-order valence-electron chi connectivity index (χ3n) is 3.92. The number of hydrogen-bond donors (Lipinski definition) is 1.